The normalized spacial score (nSPS) is 14.7. The Hall–Kier alpha value is -3.42. The van der Waals surface area contributed by atoms with E-state index < -0.39 is 0 Å². The highest BCUT2D eigenvalue weighted by atomic mass is 32.2. The molecular formula is C24H18N2O3S2. The summed E-state index contributed by atoms with van der Waals surface area (Å²) in [5.41, 5.74) is 2.69. The zero-order valence-corrected chi connectivity index (χ0v) is 18.2. The van der Waals surface area contributed by atoms with Gasteiger partial charge in [-0.1, -0.05) is 54.3 Å². The lowest BCUT2D eigenvalue weighted by molar-refractivity contribution is -0.113. The molecule has 0 spiro atoms. The molecule has 7 heteroatoms. The summed E-state index contributed by atoms with van der Waals surface area (Å²) in [6.07, 6.45) is 1.78. The van der Waals surface area contributed by atoms with E-state index in [-0.39, 0.29) is 11.8 Å². The molecule has 1 aliphatic heterocycles. The fourth-order valence-corrected chi connectivity index (χ4v) is 4.37. The number of nitrogens with zero attached hydrogens (tertiary/aromatic N) is 1. The number of benzene rings is 3. The van der Waals surface area contributed by atoms with E-state index in [4.69, 9.17) is 17.0 Å². The molecular weight excluding hydrogens is 428 g/mol. The maximum atomic E-state index is 12.9. The molecule has 2 amide bonds. The molecule has 0 aliphatic carbocycles. The molecule has 154 valence electrons. The van der Waals surface area contributed by atoms with Gasteiger partial charge in [0.05, 0.1) is 17.7 Å². The number of carbonyl (C=O) groups excluding carboxylic acids is 2. The predicted molar refractivity (Wildman–Crippen MR) is 129 cm³/mol. The van der Waals surface area contributed by atoms with Gasteiger partial charge in [0.25, 0.3) is 11.8 Å². The lowest BCUT2D eigenvalue weighted by Gasteiger charge is -2.13. The molecule has 1 heterocycles. The average Bonchev–Trinajstić information content (AvgIpc) is 3.07. The Balaban J connectivity index is 1.51. The van der Waals surface area contributed by atoms with Gasteiger partial charge >= 0.3 is 0 Å². The molecule has 1 fully saturated rings. The van der Waals surface area contributed by atoms with E-state index in [0.717, 1.165) is 11.3 Å². The topological polar surface area (TPSA) is 58.6 Å². The Morgan fingerprint density at radius 2 is 1.77 bits per heavy atom. The number of para-hydroxylation sites is 1. The van der Waals surface area contributed by atoms with Crippen LogP contribution in [0.5, 0.6) is 5.75 Å². The number of hydrogen-bond donors (Lipinski definition) is 1. The second-order valence-electron chi connectivity index (χ2n) is 6.66. The minimum atomic E-state index is -0.227. The summed E-state index contributed by atoms with van der Waals surface area (Å²) in [7, 11) is 1.58. The Bertz CT molecular complexity index is 1170. The monoisotopic (exact) mass is 446 g/mol. The molecule has 3 aromatic carbocycles. The molecule has 0 aromatic heterocycles. The summed E-state index contributed by atoms with van der Waals surface area (Å²) in [6, 6.07) is 23.5. The number of nitrogens with one attached hydrogen (secondary N) is 1. The van der Waals surface area contributed by atoms with Crippen molar-refractivity contribution < 1.29 is 14.3 Å². The van der Waals surface area contributed by atoms with Gasteiger partial charge in [0, 0.05) is 11.3 Å². The number of anilines is 2. The zero-order valence-electron chi connectivity index (χ0n) is 16.6. The third-order valence-electron chi connectivity index (χ3n) is 4.60. The highest BCUT2D eigenvalue weighted by Crippen LogP contribution is 2.36. The van der Waals surface area contributed by atoms with Crippen molar-refractivity contribution >= 4 is 57.6 Å². The smallest absolute Gasteiger partial charge is 0.270 e. The average molecular weight is 447 g/mol. The second kappa shape index (κ2) is 9.16. The van der Waals surface area contributed by atoms with Gasteiger partial charge in [0.1, 0.15) is 5.75 Å². The molecule has 0 bridgehead atoms. The van der Waals surface area contributed by atoms with Crippen molar-refractivity contribution in [2.75, 3.05) is 17.3 Å². The van der Waals surface area contributed by atoms with E-state index >= 15 is 0 Å². The largest absolute Gasteiger partial charge is 0.497 e. The zero-order chi connectivity index (χ0) is 21.8. The summed E-state index contributed by atoms with van der Waals surface area (Å²) in [6.45, 7) is 0. The quantitative estimate of drug-likeness (QED) is 0.423. The summed E-state index contributed by atoms with van der Waals surface area (Å²) in [4.78, 5) is 27.5. The fourth-order valence-electron chi connectivity index (χ4n) is 3.07. The molecule has 1 saturated heterocycles. The first-order chi connectivity index (χ1) is 15.0. The number of amides is 2. The molecule has 1 N–H and O–H groups in total. The van der Waals surface area contributed by atoms with Gasteiger partial charge in [-0.2, -0.15) is 0 Å². The van der Waals surface area contributed by atoms with Crippen molar-refractivity contribution in [2.45, 2.75) is 0 Å². The first kappa shape index (κ1) is 20.8. The van der Waals surface area contributed by atoms with Crippen LogP contribution in [0.15, 0.2) is 83.8 Å². The molecule has 0 saturated carbocycles. The van der Waals surface area contributed by atoms with E-state index in [9.17, 15) is 9.59 Å². The summed E-state index contributed by atoms with van der Waals surface area (Å²) in [5.74, 6) is 0.301. The van der Waals surface area contributed by atoms with Crippen LogP contribution in [0.2, 0.25) is 0 Å². The molecule has 1 aliphatic rings. The first-order valence-corrected chi connectivity index (χ1v) is 10.7. The molecule has 3 aromatic rings. The highest BCUT2D eigenvalue weighted by molar-refractivity contribution is 8.27. The van der Waals surface area contributed by atoms with Crippen molar-refractivity contribution in [2.24, 2.45) is 0 Å². The van der Waals surface area contributed by atoms with Crippen molar-refractivity contribution in [1.82, 2.24) is 0 Å². The third-order valence-corrected chi connectivity index (χ3v) is 5.90. The Labute approximate surface area is 189 Å². The molecule has 0 atom stereocenters. The lowest BCUT2D eigenvalue weighted by Crippen LogP contribution is -2.27. The minimum Gasteiger partial charge on any atom is -0.497 e. The Kier molecular flexibility index (Phi) is 6.16. The van der Waals surface area contributed by atoms with Gasteiger partial charge in [-0.25, -0.2) is 0 Å². The van der Waals surface area contributed by atoms with Crippen LogP contribution < -0.4 is 15.0 Å². The van der Waals surface area contributed by atoms with Gasteiger partial charge in [0.2, 0.25) is 0 Å². The molecule has 0 radical (unpaired) electrons. The number of hydrogen-bond acceptors (Lipinski definition) is 5. The second-order valence-corrected chi connectivity index (χ2v) is 8.34. The van der Waals surface area contributed by atoms with Crippen LogP contribution >= 0.6 is 24.0 Å². The number of thioether (sulfide) groups is 1. The van der Waals surface area contributed by atoms with Crippen LogP contribution in [0.1, 0.15) is 15.9 Å². The van der Waals surface area contributed by atoms with E-state index in [1.165, 1.54) is 16.7 Å². The van der Waals surface area contributed by atoms with Crippen LogP contribution in [0.25, 0.3) is 6.08 Å². The number of thiocarbonyl (C=S) groups is 1. The fraction of sp³-hybridized carbons (Fsp3) is 0.0417. The van der Waals surface area contributed by atoms with Gasteiger partial charge in [-0.15, -0.1) is 0 Å². The lowest BCUT2D eigenvalue weighted by atomic mass is 10.1. The molecule has 31 heavy (non-hydrogen) atoms. The highest BCUT2D eigenvalue weighted by Gasteiger charge is 2.33. The molecule has 0 unspecified atom stereocenters. The van der Waals surface area contributed by atoms with Crippen molar-refractivity contribution in [1.29, 1.82) is 0 Å². The van der Waals surface area contributed by atoms with E-state index in [1.54, 1.807) is 43.5 Å². The van der Waals surface area contributed by atoms with E-state index in [1.807, 2.05) is 48.5 Å². The number of methoxy groups -OCH3 is 1. The van der Waals surface area contributed by atoms with Crippen LogP contribution in [0, 0.1) is 0 Å². The number of carbonyl (C=O) groups is 2. The number of ether oxygens (including phenoxy) is 1. The van der Waals surface area contributed by atoms with Crippen molar-refractivity contribution in [3.8, 4) is 5.75 Å². The molecule has 4 rings (SSSR count). The van der Waals surface area contributed by atoms with Crippen LogP contribution in [0.3, 0.4) is 0 Å². The van der Waals surface area contributed by atoms with Gasteiger partial charge in [-0.3, -0.25) is 14.5 Å². The maximum Gasteiger partial charge on any atom is 0.270 e. The minimum absolute atomic E-state index is 0.158. The maximum absolute atomic E-state index is 12.9. The Morgan fingerprint density at radius 3 is 2.48 bits per heavy atom. The summed E-state index contributed by atoms with van der Waals surface area (Å²) >= 11 is 6.67. The summed E-state index contributed by atoms with van der Waals surface area (Å²) in [5, 5.41) is 2.88. The first-order valence-electron chi connectivity index (χ1n) is 9.43. The standard InChI is InChI=1S/C24H18N2O3S2/c1-29-20-12-10-17(11-13-20)22(27)25-18-7-5-6-16(14-18)15-21-23(28)26(24(30)31-21)19-8-3-2-4-9-19/h2-15H,1H3,(H,25,27)/b21-15+. The number of rotatable bonds is 5. The van der Waals surface area contributed by atoms with Crippen LogP contribution in [-0.4, -0.2) is 23.2 Å². The SMILES string of the molecule is COc1ccc(C(=O)Nc2cccc(/C=C3/SC(=S)N(c4ccccc4)C3=O)c2)cc1. The van der Waals surface area contributed by atoms with Crippen LogP contribution in [-0.2, 0) is 4.79 Å². The van der Waals surface area contributed by atoms with Crippen LogP contribution in [0.4, 0.5) is 11.4 Å². The predicted octanol–water partition coefficient (Wildman–Crippen LogP) is 5.35. The van der Waals surface area contributed by atoms with Gasteiger partial charge in [-0.05, 0) is 60.2 Å². The van der Waals surface area contributed by atoms with E-state index in [2.05, 4.69) is 5.32 Å². The summed E-state index contributed by atoms with van der Waals surface area (Å²) < 4.78 is 5.61. The van der Waals surface area contributed by atoms with Crippen molar-refractivity contribution in [3.63, 3.8) is 0 Å². The molecule has 5 nitrogen and oxygen atoms in total. The van der Waals surface area contributed by atoms with Gasteiger partial charge in [0.15, 0.2) is 4.32 Å². The van der Waals surface area contributed by atoms with Crippen molar-refractivity contribution in [3.05, 3.63) is 94.9 Å². The van der Waals surface area contributed by atoms with E-state index in [0.29, 0.717) is 26.2 Å². The third kappa shape index (κ3) is 4.68. The Morgan fingerprint density at radius 1 is 1.03 bits per heavy atom. The van der Waals surface area contributed by atoms with Gasteiger partial charge < -0.3 is 10.1 Å².